The first-order valence-electron chi connectivity index (χ1n) is 8.21. The van der Waals surface area contributed by atoms with Crippen LogP contribution in [0.4, 0.5) is 0 Å². The molecule has 1 fully saturated rings. The summed E-state index contributed by atoms with van der Waals surface area (Å²) >= 11 is 1.49. The summed E-state index contributed by atoms with van der Waals surface area (Å²) in [6.45, 7) is 6.63. The minimum atomic E-state index is -0.0320. The van der Waals surface area contributed by atoms with Gasteiger partial charge in [-0.15, -0.1) is 11.3 Å². The quantitative estimate of drug-likeness (QED) is 0.882. The Morgan fingerprint density at radius 1 is 1.48 bits per heavy atom. The van der Waals surface area contributed by atoms with Crippen LogP contribution in [0.1, 0.15) is 51.9 Å². The molecule has 0 bridgehead atoms. The number of nitrogens with one attached hydrogen (secondary N) is 1. The molecule has 3 rings (SSSR count). The van der Waals surface area contributed by atoms with Crippen LogP contribution in [0.15, 0.2) is 22.8 Å². The molecule has 1 N–H and O–H groups in total. The largest absolute Gasteiger partial charge is 0.468 e. The van der Waals surface area contributed by atoms with Gasteiger partial charge in [0.2, 0.25) is 0 Å². The highest BCUT2D eigenvalue weighted by Crippen LogP contribution is 2.25. The fourth-order valence-corrected chi connectivity index (χ4v) is 3.95. The molecule has 0 aliphatic carbocycles. The van der Waals surface area contributed by atoms with Crippen LogP contribution < -0.4 is 5.32 Å². The van der Waals surface area contributed by atoms with E-state index in [4.69, 9.17) is 4.42 Å². The predicted molar refractivity (Wildman–Crippen MR) is 90.8 cm³/mol. The first-order valence-corrected chi connectivity index (χ1v) is 9.02. The van der Waals surface area contributed by atoms with Crippen LogP contribution in [0.2, 0.25) is 0 Å². The Morgan fingerprint density at radius 2 is 2.26 bits per heavy atom. The normalized spacial score (nSPS) is 16.6. The van der Waals surface area contributed by atoms with Crippen molar-refractivity contribution in [1.82, 2.24) is 15.2 Å². The molecule has 0 saturated carbocycles. The highest BCUT2D eigenvalue weighted by atomic mass is 32.1. The van der Waals surface area contributed by atoms with Crippen LogP contribution in [0.25, 0.3) is 0 Å². The van der Waals surface area contributed by atoms with E-state index in [2.05, 4.69) is 22.1 Å². The fraction of sp³-hybridized carbons (Fsp3) is 0.529. The molecule has 124 valence electrons. The van der Waals surface area contributed by atoms with Crippen LogP contribution in [-0.2, 0) is 6.42 Å². The number of rotatable bonds is 6. The van der Waals surface area contributed by atoms with Crippen molar-refractivity contribution in [3.63, 3.8) is 0 Å². The molecule has 0 radical (unpaired) electrons. The first kappa shape index (κ1) is 16.2. The molecular weight excluding hydrogens is 310 g/mol. The van der Waals surface area contributed by atoms with Gasteiger partial charge in [-0.05, 0) is 51.4 Å². The molecule has 1 amide bonds. The van der Waals surface area contributed by atoms with Gasteiger partial charge < -0.3 is 9.73 Å². The zero-order chi connectivity index (χ0) is 16.2. The van der Waals surface area contributed by atoms with Crippen LogP contribution in [0, 0.1) is 6.92 Å². The van der Waals surface area contributed by atoms with Crippen molar-refractivity contribution in [1.29, 1.82) is 0 Å². The summed E-state index contributed by atoms with van der Waals surface area (Å²) in [4.78, 5) is 20.0. The number of aryl methyl sites for hydroxylation is 2. The third-order valence-electron chi connectivity index (χ3n) is 4.26. The average molecular weight is 333 g/mol. The second kappa shape index (κ2) is 7.27. The number of aromatic nitrogens is 1. The standard InChI is InChI=1S/C17H23N3O2S/c1-3-15-19-12(2)16(23-15)17(21)18-11-13(14-7-6-10-22-14)20-8-4-5-9-20/h6-7,10,13H,3-5,8-9,11H2,1-2H3,(H,18,21)/t13-/m0/s1. The Hall–Kier alpha value is -1.66. The molecule has 5 nitrogen and oxygen atoms in total. The second-order valence-electron chi connectivity index (χ2n) is 5.86. The molecule has 0 spiro atoms. The van der Waals surface area contributed by atoms with Gasteiger partial charge in [0.05, 0.1) is 23.0 Å². The van der Waals surface area contributed by atoms with Crippen molar-refractivity contribution in [2.75, 3.05) is 19.6 Å². The van der Waals surface area contributed by atoms with Crippen molar-refractivity contribution < 1.29 is 9.21 Å². The van der Waals surface area contributed by atoms with Crippen LogP contribution in [0.3, 0.4) is 0 Å². The second-order valence-corrected chi connectivity index (χ2v) is 6.94. The van der Waals surface area contributed by atoms with E-state index in [0.29, 0.717) is 6.54 Å². The van der Waals surface area contributed by atoms with Crippen LogP contribution in [0.5, 0.6) is 0 Å². The lowest BCUT2D eigenvalue weighted by Gasteiger charge is -2.25. The predicted octanol–water partition coefficient (Wildman–Crippen LogP) is 3.17. The molecule has 2 aromatic rings. The zero-order valence-corrected chi connectivity index (χ0v) is 14.5. The lowest BCUT2D eigenvalue weighted by Crippen LogP contribution is -2.36. The van der Waals surface area contributed by atoms with Crippen molar-refractivity contribution in [3.8, 4) is 0 Å². The molecule has 1 aliphatic rings. The average Bonchev–Trinajstić information content (AvgIpc) is 3.29. The number of hydrogen-bond donors (Lipinski definition) is 1. The highest BCUT2D eigenvalue weighted by Gasteiger charge is 2.26. The van der Waals surface area contributed by atoms with Crippen LogP contribution >= 0.6 is 11.3 Å². The van der Waals surface area contributed by atoms with Crippen molar-refractivity contribution in [2.45, 2.75) is 39.2 Å². The van der Waals surface area contributed by atoms with Gasteiger partial charge in [-0.2, -0.15) is 0 Å². The maximum absolute atomic E-state index is 12.5. The van der Waals surface area contributed by atoms with Gasteiger partial charge in [-0.25, -0.2) is 4.98 Å². The molecule has 0 aromatic carbocycles. The molecule has 1 aliphatic heterocycles. The molecule has 2 aromatic heterocycles. The van der Waals surface area contributed by atoms with E-state index in [-0.39, 0.29) is 11.9 Å². The summed E-state index contributed by atoms with van der Waals surface area (Å²) < 4.78 is 5.59. The monoisotopic (exact) mass is 333 g/mol. The molecule has 0 unspecified atom stereocenters. The van der Waals surface area contributed by atoms with Gasteiger partial charge in [0.25, 0.3) is 5.91 Å². The maximum Gasteiger partial charge on any atom is 0.263 e. The van der Waals surface area contributed by atoms with Crippen LogP contribution in [-0.4, -0.2) is 35.4 Å². The van der Waals surface area contributed by atoms with Gasteiger partial charge in [0.1, 0.15) is 10.6 Å². The molecule has 1 saturated heterocycles. The molecule has 6 heteroatoms. The Labute approximate surface area is 140 Å². The topological polar surface area (TPSA) is 58.4 Å². The Morgan fingerprint density at radius 3 is 2.87 bits per heavy atom. The highest BCUT2D eigenvalue weighted by molar-refractivity contribution is 7.13. The molecule has 23 heavy (non-hydrogen) atoms. The van der Waals surface area contributed by atoms with Crippen molar-refractivity contribution in [2.24, 2.45) is 0 Å². The fourth-order valence-electron chi connectivity index (χ4n) is 3.03. The summed E-state index contributed by atoms with van der Waals surface area (Å²) in [6, 6.07) is 4.00. The summed E-state index contributed by atoms with van der Waals surface area (Å²) in [5.41, 5.74) is 0.820. The lowest BCUT2D eigenvalue weighted by atomic mass is 10.2. The smallest absolute Gasteiger partial charge is 0.263 e. The number of carbonyl (C=O) groups is 1. The maximum atomic E-state index is 12.5. The van der Waals surface area contributed by atoms with Gasteiger partial charge in [-0.1, -0.05) is 6.92 Å². The van der Waals surface area contributed by atoms with Crippen molar-refractivity contribution >= 4 is 17.2 Å². The summed E-state index contributed by atoms with van der Waals surface area (Å²) in [6.07, 6.45) is 4.97. The minimum absolute atomic E-state index is 0.0320. The Kier molecular flexibility index (Phi) is 5.13. The summed E-state index contributed by atoms with van der Waals surface area (Å²) in [5.74, 6) is 0.887. The number of thiazole rings is 1. The summed E-state index contributed by atoms with van der Waals surface area (Å²) in [5, 5.41) is 4.08. The number of nitrogens with zero attached hydrogens (tertiary/aromatic N) is 2. The number of amides is 1. The van der Waals surface area contributed by atoms with E-state index in [9.17, 15) is 4.79 Å². The van der Waals surface area contributed by atoms with Crippen molar-refractivity contribution in [3.05, 3.63) is 39.7 Å². The summed E-state index contributed by atoms with van der Waals surface area (Å²) in [7, 11) is 0. The Balaban J connectivity index is 1.68. The lowest BCUT2D eigenvalue weighted by molar-refractivity contribution is 0.0937. The van der Waals surface area contributed by atoms with Gasteiger partial charge in [-0.3, -0.25) is 9.69 Å². The van der Waals surface area contributed by atoms with E-state index in [1.165, 1.54) is 24.2 Å². The third kappa shape index (κ3) is 3.64. The van der Waals surface area contributed by atoms with E-state index in [1.54, 1.807) is 6.26 Å². The SMILES string of the molecule is CCc1nc(C)c(C(=O)NC[C@@H](c2ccco2)N2CCCC2)s1. The molecular formula is C17H23N3O2S. The van der Waals surface area contributed by atoms with Gasteiger partial charge >= 0.3 is 0 Å². The van der Waals surface area contributed by atoms with E-state index >= 15 is 0 Å². The van der Waals surface area contributed by atoms with E-state index in [0.717, 1.165) is 40.8 Å². The van der Waals surface area contributed by atoms with E-state index in [1.807, 2.05) is 19.1 Å². The van der Waals surface area contributed by atoms with Gasteiger partial charge in [0.15, 0.2) is 0 Å². The number of furan rings is 1. The Bertz CT molecular complexity index is 645. The zero-order valence-electron chi connectivity index (χ0n) is 13.7. The molecule has 1 atom stereocenters. The van der Waals surface area contributed by atoms with E-state index < -0.39 is 0 Å². The number of carbonyl (C=O) groups excluding carboxylic acids is 1. The number of likely N-dealkylation sites (tertiary alicyclic amines) is 1. The minimum Gasteiger partial charge on any atom is -0.468 e. The first-order chi connectivity index (χ1) is 11.2. The number of hydrogen-bond acceptors (Lipinski definition) is 5. The molecule has 3 heterocycles. The van der Waals surface area contributed by atoms with Gasteiger partial charge in [0, 0.05) is 6.54 Å². The third-order valence-corrected chi connectivity index (χ3v) is 5.56.